The SMILES string of the molecule is CCOC(=S)C(C)Cl. The van der Waals surface area contributed by atoms with Crippen LogP contribution in [0.5, 0.6) is 0 Å². The molecule has 0 radical (unpaired) electrons. The Kier molecular flexibility index (Phi) is 4.19. The summed E-state index contributed by atoms with van der Waals surface area (Å²) in [5.74, 6) is 0. The van der Waals surface area contributed by atoms with Crippen LogP contribution in [-0.2, 0) is 4.74 Å². The van der Waals surface area contributed by atoms with Gasteiger partial charge in [-0.15, -0.1) is 11.6 Å². The van der Waals surface area contributed by atoms with Crippen LogP contribution in [0, 0.1) is 0 Å². The van der Waals surface area contributed by atoms with Gasteiger partial charge in [-0.25, -0.2) is 0 Å². The minimum atomic E-state index is -0.148. The van der Waals surface area contributed by atoms with Crippen molar-refractivity contribution < 1.29 is 4.74 Å². The second-order valence-electron chi connectivity index (χ2n) is 1.37. The molecule has 1 unspecified atom stereocenters. The van der Waals surface area contributed by atoms with Crippen LogP contribution in [0.25, 0.3) is 0 Å². The summed E-state index contributed by atoms with van der Waals surface area (Å²) in [6, 6.07) is 0. The molecule has 1 nitrogen and oxygen atoms in total. The first kappa shape index (κ1) is 8.18. The lowest BCUT2D eigenvalue weighted by molar-refractivity contribution is 0.329. The highest BCUT2D eigenvalue weighted by Gasteiger charge is 2.02. The molecule has 0 aliphatic heterocycles. The van der Waals surface area contributed by atoms with Gasteiger partial charge in [0.05, 0.1) is 12.0 Å². The van der Waals surface area contributed by atoms with E-state index in [0.717, 1.165) is 0 Å². The van der Waals surface area contributed by atoms with Crippen molar-refractivity contribution in [2.24, 2.45) is 0 Å². The van der Waals surface area contributed by atoms with Crippen LogP contribution in [-0.4, -0.2) is 17.0 Å². The zero-order chi connectivity index (χ0) is 6.57. The van der Waals surface area contributed by atoms with E-state index >= 15 is 0 Å². The van der Waals surface area contributed by atoms with Gasteiger partial charge in [0.1, 0.15) is 0 Å². The summed E-state index contributed by atoms with van der Waals surface area (Å²) in [5, 5.41) is 0.333. The predicted octanol–water partition coefficient (Wildman–Crippen LogP) is 1.98. The van der Waals surface area contributed by atoms with Crippen LogP contribution in [0.4, 0.5) is 0 Å². The van der Waals surface area contributed by atoms with Crippen LogP contribution < -0.4 is 0 Å². The fraction of sp³-hybridized carbons (Fsp3) is 0.800. The largest absolute Gasteiger partial charge is 0.486 e. The summed E-state index contributed by atoms with van der Waals surface area (Å²) in [7, 11) is 0. The Hall–Kier alpha value is 0.180. The maximum atomic E-state index is 5.54. The number of rotatable bonds is 2. The highest BCUT2D eigenvalue weighted by molar-refractivity contribution is 7.80. The van der Waals surface area contributed by atoms with Crippen molar-refractivity contribution in [1.82, 2.24) is 0 Å². The first-order chi connectivity index (χ1) is 3.68. The molecule has 0 bridgehead atoms. The zero-order valence-corrected chi connectivity index (χ0v) is 6.55. The van der Waals surface area contributed by atoms with Gasteiger partial charge in [-0.3, -0.25) is 0 Å². The summed E-state index contributed by atoms with van der Waals surface area (Å²) < 4.78 is 4.90. The molecular formula is C5H9ClOS. The Morgan fingerprint density at radius 2 is 2.38 bits per heavy atom. The van der Waals surface area contributed by atoms with Gasteiger partial charge in [-0.2, -0.15) is 0 Å². The van der Waals surface area contributed by atoms with E-state index in [0.29, 0.717) is 11.7 Å². The lowest BCUT2D eigenvalue weighted by Gasteiger charge is -2.04. The van der Waals surface area contributed by atoms with E-state index in [1.54, 1.807) is 6.92 Å². The number of hydrogen-bond acceptors (Lipinski definition) is 2. The fourth-order valence-electron chi connectivity index (χ4n) is 0.257. The Balaban J connectivity index is 3.33. The topological polar surface area (TPSA) is 9.23 Å². The molecule has 0 fully saturated rings. The molecule has 8 heavy (non-hydrogen) atoms. The van der Waals surface area contributed by atoms with Crippen LogP contribution in [0.15, 0.2) is 0 Å². The van der Waals surface area contributed by atoms with Crippen LogP contribution in [0.3, 0.4) is 0 Å². The molecule has 3 heteroatoms. The average molecular weight is 153 g/mol. The normalized spacial score (nSPS) is 12.9. The maximum Gasteiger partial charge on any atom is 0.177 e. The molecule has 0 N–H and O–H groups in total. The van der Waals surface area contributed by atoms with Crippen LogP contribution >= 0.6 is 23.8 Å². The molecule has 0 heterocycles. The van der Waals surface area contributed by atoms with Gasteiger partial charge in [-0.1, -0.05) is 0 Å². The third kappa shape index (κ3) is 3.22. The molecule has 0 spiro atoms. The zero-order valence-electron chi connectivity index (χ0n) is 4.98. The molecular weight excluding hydrogens is 144 g/mol. The number of ether oxygens (including phenoxy) is 1. The van der Waals surface area contributed by atoms with Gasteiger partial charge < -0.3 is 4.74 Å². The quantitative estimate of drug-likeness (QED) is 0.442. The highest BCUT2D eigenvalue weighted by Crippen LogP contribution is 1.98. The lowest BCUT2D eigenvalue weighted by atomic mass is 10.5. The minimum absolute atomic E-state index is 0.148. The Bertz CT molecular complexity index is 82.5. The molecule has 0 rings (SSSR count). The Morgan fingerprint density at radius 3 is 2.50 bits per heavy atom. The fourth-order valence-corrected chi connectivity index (χ4v) is 0.438. The number of hydrogen-bond donors (Lipinski definition) is 0. The second kappa shape index (κ2) is 4.10. The van der Waals surface area contributed by atoms with Gasteiger partial charge >= 0.3 is 0 Å². The van der Waals surface area contributed by atoms with E-state index in [4.69, 9.17) is 28.6 Å². The van der Waals surface area contributed by atoms with Crippen LogP contribution in [0.1, 0.15) is 13.8 Å². The number of halogens is 1. The van der Waals surface area contributed by atoms with Crippen molar-refractivity contribution in [3.63, 3.8) is 0 Å². The van der Waals surface area contributed by atoms with E-state index in [9.17, 15) is 0 Å². The maximum absolute atomic E-state index is 5.54. The molecule has 1 atom stereocenters. The highest BCUT2D eigenvalue weighted by atomic mass is 35.5. The third-order valence-electron chi connectivity index (χ3n) is 0.611. The van der Waals surface area contributed by atoms with Crippen molar-refractivity contribution in [2.75, 3.05) is 6.61 Å². The van der Waals surface area contributed by atoms with E-state index in [-0.39, 0.29) is 5.38 Å². The van der Waals surface area contributed by atoms with Gasteiger partial charge in [0.25, 0.3) is 0 Å². The average Bonchev–Trinajstić information content (AvgIpc) is 1.67. The van der Waals surface area contributed by atoms with E-state index in [1.807, 2.05) is 6.92 Å². The smallest absolute Gasteiger partial charge is 0.177 e. The molecule has 0 saturated heterocycles. The van der Waals surface area contributed by atoms with Gasteiger partial charge in [0.2, 0.25) is 0 Å². The standard InChI is InChI=1S/C5H9ClOS/c1-3-7-5(8)4(2)6/h4H,3H2,1-2H3. The molecule has 48 valence electrons. The first-order valence-electron chi connectivity index (χ1n) is 2.49. The van der Waals surface area contributed by atoms with Crippen molar-refractivity contribution in [1.29, 1.82) is 0 Å². The van der Waals surface area contributed by atoms with E-state index < -0.39 is 0 Å². The van der Waals surface area contributed by atoms with E-state index in [2.05, 4.69) is 0 Å². The van der Waals surface area contributed by atoms with Gasteiger partial charge in [0, 0.05) is 0 Å². The third-order valence-corrected chi connectivity index (χ3v) is 1.41. The summed E-state index contributed by atoms with van der Waals surface area (Å²) in [5.41, 5.74) is 0. The second-order valence-corrected chi connectivity index (χ2v) is 2.43. The van der Waals surface area contributed by atoms with Crippen molar-refractivity contribution >= 4 is 28.9 Å². The summed E-state index contributed by atoms with van der Waals surface area (Å²) >= 11 is 10.3. The molecule has 0 saturated carbocycles. The number of thiocarbonyl (C=S) groups is 1. The monoisotopic (exact) mass is 152 g/mol. The number of alkyl halides is 1. The Morgan fingerprint density at radius 1 is 1.88 bits per heavy atom. The molecule has 0 aliphatic rings. The molecule has 0 aromatic carbocycles. The van der Waals surface area contributed by atoms with E-state index in [1.165, 1.54) is 0 Å². The van der Waals surface area contributed by atoms with Gasteiger partial charge in [0.15, 0.2) is 5.05 Å². The predicted molar refractivity (Wildman–Crippen MR) is 39.5 cm³/mol. The first-order valence-corrected chi connectivity index (χ1v) is 3.33. The lowest BCUT2D eigenvalue weighted by Crippen LogP contribution is -2.11. The molecule has 0 amide bonds. The summed E-state index contributed by atoms with van der Waals surface area (Å²) in [6.07, 6.45) is 0. The minimum Gasteiger partial charge on any atom is -0.486 e. The molecule has 0 aromatic rings. The van der Waals surface area contributed by atoms with Crippen LogP contribution in [0.2, 0.25) is 0 Å². The molecule has 0 aliphatic carbocycles. The summed E-state index contributed by atoms with van der Waals surface area (Å²) in [6.45, 7) is 4.28. The van der Waals surface area contributed by atoms with Crippen molar-refractivity contribution in [3.8, 4) is 0 Å². The van der Waals surface area contributed by atoms with Crippen molar-refractivity contribution in [3.05, 3.63) is 0 Å². The van der Waals surface area contributed by atoms with Gasteiger partial charge in [-0.05, 0) is 26.1 Å². The Labute approximate surface area is 60.0 Å². The van der Waals surface area contributed by atoms with Crippen molar-refractivity contribution in [2.45, 2.75) is 19.2 Å². The summed E-state index contributed by atoms with van der Waals surface area (Å²) in [4.78, 5) is 0. The molecule has 0 aromatic heterocycles.